The highest BCUT2D eigenvalue weighted by Crippen LogP contribution is 2.25. The second-order valence-electron chi connectivity index (χ2n) is 7.04. The van der Waals surface area contributed by atoms with E-state index in [-0.39, 0.29) is 0 Å². The Labute approximate surface area is 151 Å². The molecule has 2 aromatic carbocycles. The van der Waals surface area contributed by atoms with Gasteiger partial charge in [0.15, 0.2) is 0 Å². The number of hydrogen-bond donors (Lipinski definition) is 1. The summed E-state index contributed by atoms with van der Waals surface area (Å²) in [6.45, 7) is 9.59. The van der Waals surface area contributed by atoms with Crippen LogP contribution in [0.3, 0.4) is 0 Å². The van der Waals surface area contributed by atoms with Crippen LogP contribution >= 0.6 is 0 Å². The first kappa shape index (κ1) is 18.1. The molecule has 1 aliphatic heterocycles. The fourth-order valence-corrected chi connectivity index (χ4v) is 5.66. The lowest BCUT2D eigenvalue weighted by atomic mass is 10.1. The Bertz CT molecular complexity index is 816. The van der Waals surface area contributed by atoms with Gasteiger partial charge in [-0.25, -0.2) is 8.42 Å². The molecule has 1 aliphatic rings. The molecular formula is C20H27N2O2S+. The number of quaternary nitrogens is 1. The zero-order valence-electron chi connectivity index (χ0n) is 15.2. The van der Waals surface area contributed by atoms with Gasteiger partial charge in [0.25, 0.3) is 0 Å². The quantitative estimate of drug-likeness (QED) is 0.903. The first-order chi connectivity index (χ1) is 11.9. The molecule has 0 amide bonds. The van der Waals surface area contributed by atoms with Crippen LogP contribution in [0, 0.1) is 20.8 Å². The molecule has 0 saturated carbocycles. The fraction of sp³-hybridized carbons (Fsp3) is 0.400. The van der Waals surface area contributed by atoms with Crippen molar-refractivity contribution in [2.24, 2.45) is 0 Å². The highest BCUT2D eigenvalue weighted by molar-refractivity contribution is 7.89. The van der Waals surface area contributed by atoms with E-state index in [4.69, 9.17) is 0 Å². The van der Waals surface area contributed by atoms with Gasteiger partial charge in [-0.15, -0.1) is 0 Å². The topological polar surface area (TPSA) is 41.8 Å². The van der Waals surface area contributed by atoms with Crippen molar-refractivity contribution >= 4 is 10.0 Å². The lowest BCUT2D eigenvalue weighted by molar-refractivity contribution is -0.917. The Balaban J connectivity index is 1.72. The van der Waals surface area contributed by atoms with E-state index in [1.54, 1.807) is 4.31 Å². The van der Waals surface area contributed by atoms with Crippen molar-refractivity contribution in [2.75, 3.05) is 26.2 Å². The molecule has 1 fully saturated rings. The number of hydrogen-bond acceptors (Lipinski definition) is 2. The van der Waals surface area contributed by atoms with Gasteiger partial charge in [-0.2, -0.15) is 4.31 Å². The van der Waals surface area contributed by atoms with Crippen molar-refractivity contribution in [1.29, 1.82) is 0 Å². The Morgan fingerprint density at radius 2 is 1.52 bits per heavy atom. The Kier molecular flexibility index (Phi) is 5.27. The van der Waals surface area contributed by atoms with E-state index in [1.807, 2.05) is 39.0 Å². The molecule has 0 bridgehead atoms. The minimum atomic E-state index is -3.42. The summed E-state index contributed by atoms with van der Waals surface area (Å²) >= 11 is 0. The molecule has 0 atom stereocenters. The summed E-state index contributed by atoms with van der Waals surface area (Å²) in [6, 6.07) is 14.3. The molecule has 4 nitrogen and oxygen atoms in total. The van der Waals surface area contributed by atoms with Crippen LogP contribution in [0.5, 0.6) is 0 Å². The maximum atomic E-state index is 13.1. The summed E-state index contributed by atoms with van der Waals surface area (Å²) in [5, 5.41) is 0. The predicted octanol–water partition coefficient (Wildman–Crippen LogP) is 1.70. The predicted molar refractivity (Wildman–Crippen MR) is 100 cm³/mol. The van der Waals surface area contributed by atoms with E-state index in [9.17, 15) is 8.42 Å². The molecule has 2 aromatic rings. The number of nitrogens with zero attached hydrogens (tertiary/aromatic N) is 1. The Morgan fingerprint density at radius 3 is 2.08 bits per heavy atom. The molecule has 0 aliphatic carbocycles. The average molecular weight is 360 g/mol. The minimum Gasteiger partial charge on any atom is -0.329 e. The SMILES string of the molecule is Cc1cc(C)c(S(=O)(=O)N2CC[NH+](Cc3ccccc3)CC2)c(C)c1. The van der Waals surface area contributed by atoms with Gasteiger partial charge >= 0.3 is 0 Å². The fourth-order valence-electron chi connectivity index (χ4n) is 3.81. The summed E-state index contributed by atoms with van der Waals surface area (Å²) < 4.78 is 27.9. The zero-order chi connectivity index (χ0) is 18.0. The second kappa shape index (κ2) is 7.28. The maximum absolute atomic E-state index is 13.1. The number of benzene rings is 2. The molecular weight excluding hydrogens is 332 g/mol. The molecule has 1 heterocycles. The van der Waals surface area contributed by atoms with Crippen molar-refractivity contribution in [3.8, 4) is 0 Å². The third-order valence-corrected chi connectivity index (χ3v) is 7.13. The lowest BCUT2D eigenvalue weighted by Gasteiger charge is -2.32. The van der Waals surface area contributed by atoms with Crippen LogP contribution in [0.4, 0.5) is 0 Å². The summed E-state index contributed by atoms with van der Waals surface area (Å²) in [7, 11) is -3.42. The van der Waals surface area contributed by atoms with E-state index in [1.165, 1.54) is 10.5 Å². The number of sulfonamides is 1. The maximum Gasteiger partial charge on any atom is 0.244 e. The van der Waals surface area contributed by atoms with E-state index < -0.39 is 10.0 Å². The smallest absolute Gasteiger partial charge is 0.244 e. The van der Waals surface area contributed by atoms with Crippen molar-refractivity contribution in [1.82, 2.24) is 4.31 Å². The lowest BCUT2D eigenvalue weighted by Crippen LogP contribution is -3.13. The first-order valence-corrected chi connectivity index (χ1v) is 10.3. The summed E-state index contributed by atoms with van der Waals surface area (Å²) in [4.78, 5) is 1.93. The van der Waals surface area contributed by atoms with Gasteiger partial charge in [-0.1, -0.05) is 48.0 Å². The number of piperazine rings is 1. The van der Waals surface area contributed by atoms with E-state index >= 15 is 0 Å². The number of rotatable bonds is 4. The highest BCUT2D eigenvalue weighted by atomic mass is 32.2. The summed E-state index contributed by atoms with van der Waals surface area (Å²) in [6.07, 6.45) is 0. The molecule has 0 radical (unpaired) electrons. The molecule has 134 valence electrons. The van der Waals surface area contributed by atoms with Crippen LogP contribution in [0.15, 0.2) is 47.4 Å². The van der Waals surface area contributed by atoms with Crippen molar-refractivity contribution < 1.29 is 13.3 Å². The standard InChI is InChI=1S/C20H26N2O2S/c1-16-13-17(2)20(18(3)14-16)25(23,24)22-11-9-21(10-12-22)15-19-7-5-4-6-8-19/h4-8,13-14H,9-12,15H2,1-3H3/p+1. The van der Waals surface area contributed by atoms with Gasteiger partial charge < -0.3 is 4.90 Å². The molecule has 5 heteroatoms. The molecule has 1 saturated heterocycles. The highest BCUT2D eigenvalue weighted by Gasteiger charge is 2.32. The average Bonchev–Trinajstić information content (AvgIpc) is 2.55. The van der Waals surface area contributed by atoms with Gasteiger partial charge in [-0.05, 0) is 31.9 Å². The van der Waals surface area contributed by atoms with Crippen molar-refractivity contribution in [3.63, 3.8) is 0 Å². The van der Waals surface area contributed by atoms with Gasteiger partial charge in [-0.3, -0.25) is 0 Å². The largest absolute Gasteiger partial charge is 0.329 e. The molecule has 25 heavy (non-hydrogen) atoms. The van der Waals surface area contributed by atoms with Crippen LogP contribution < -0.4 is 4.90 Å². The minimum absolute atomic E-state index is 0.490. The third-order valence-electron chi connectivity index (χ3n) is 4.93. The van der Waals surface area contributed by atoms with Gasteiger partial charge in [0, 0.05) is 5.56 Å². The van der Waals surface area contributed by atoms with Crippen LogP contribution in [-0.2, 0) is 16.6 Å². The number of aryl methyl sites for hydroxylation is 3. The van der Waals surface area contributed by atoms with E-state index in [0.29, 0.717) is 18.0 Å². The van der Waals surface area contributed by atoms with Crippen LogP contribution in [0.2, 0.25) is 0 Å². The monoisotopic (exact) mass is 359 g/mol. The number of nitrogens with one attached hydrogen (secondary N) is 1. The first-order valence-electron chi connectivity index (χ1n) is 8.83. The zero-order valence-corrected chi connectivity index (χ0v) is 16.1. The van der Waals surface area contributed by atoms with Gasteiger partial charge in [0.2, 0.25) is 10.0 Å². The van der Waals surface area contributed by atoms with Crippen molar-refractivity contribution in [3.05, 3.63) is 64.7 Å². The Hall–Kier alpha value is -1.69. The Morgan fingerprint density at radius 1 is 0.960 bits per heavy atom. The van der Waals surface area contributed by atoms with E-state index in [0.717, 1.165) is 36.3 Å². The molecule has 0 unspecified atom stereocenters. The molecule has 0 aromatic heterocycles. The van der Waals surface area contributed by atoms with Gasteiger partial charge in [0.05, 0.1) is 31.1 Å². The summed E-state index contributed by atoms with van der Waals surface area (Å²) in [5.41, 5.74) is 4.10. The van der Waals surface area contributed by atoms with Crippen molar-refractivity contribution in [2.45, 2.75) is 32.2 Å². The second-order valence-corrected chi connectivity index (χ2v) is 8.92. The third kappa shape index (κ3) is 3.94. The van der Waals surface area contributed by atoms with Gasteiger partial charge in [0.1, 0.15) is 6.54 Å². The van der Waals surface area contributed by atoms with Crippen LogP contribution in [0.25, 0.3) is 0 Å². The van der Waals surface area contributed by atoms with Crippen LogP contribution in [-0.4, -0.2) is 38.9 Å². The molecule has 1 N–H and O–H groups in total. The molecule has 3 rings (SSSR count). The van der Waals surface area contributed by atoms with E-state index in [2.05, 4.69) is 24.3 Å². The summed E-state index contributed by atoms with van der Waals surface area (Å²) in [5.74, 6) is 0. The molecule has 0 spiro atoms. The van der Waals surface area contributed by atoms with Crippen LogP contribution in [0.1, 0.15) is 22.3 Å². The normalized spacial score (nSPS) is 16.9.